The van der Waals surface area contributed by atoms with Crippen LogP contribution in [0.15, 0.2) is 24.3 Å². The molecule has 1 atom stereocenters. The Morgan fingerprint density at radius 1 is 1.09 bits per heavy atom. The van der Waals surface area contributed by atoms with Crippen LogP contribution in [-0.4, -0.2) is 31.1 Å². The van der Waals surface area contributed by atoms with Crippen molar-refractivity contribution in [2.75, 3.05) is 26.2 Å². The summed E-state index contributed by atoms with van der Waals surface area (Å²) >= 11 is 0. The highest BCUT2D eigenvalue weighted by Crippen LogP contribution is 2.29. The van der Waals surface area contributed by atoms with Gasteiger partial charge < -0.3 is 10.5 Å². The molecule has 3 nitrogen and oxygen atoms in total. The van der Waals surface area contributed by atoms with Crippen LogP contribution >= 0.6 is 12.4 Å². The van der Waals surface area contributed by atoms with E-state index in [1.165, 1.54) is 50.8 Å². The fourth-order valence-corrected chi connectivity index (χ4v) is 3.21. The first-order valence-electron chi connectivity index (χ1n) is 8.47. The van der Waals surface area contributed by atoms with Gasteiger partial charge in [-0.1, -0.05) is 12.1 Å². The monoisotopic (exact) mass is 324 g/mol. The molecule has 1 saturated heterocycles. The van der Waals surface area contributed by atoms with Gasteiger partial charge in [-0.2, -0.15) is 0 Å². The van der Waals surface area contributed by atoms with E-state index in [9.17, 15) is 0 Å². The highest BCUT2D eigenvalue weighted by molar-refractivity contribution is 5.85. The van der Waals surface area contributed by atoms with Gasteiger partial charge in [-0.25, -0.2) is 0 Å². The normalized spacial score (nSPS) is 22.1. The molecule has 2 N–H and O–H groups in total. The molecule has 0 amide bonds. The first-order chi connectivity index (χ1) is 10.3. The summed E-state index contributed by atoms with van der Waals surface area (Å²) in [5.41, 5.74) is 7.09. The van der Waals surface area contributed by atoms with Gasteiger partial charge in [0.25, 0.3) is 0 Å². The predicted molar refractivity (Wildman–Crippen MR) is 93.6 cm³/mol. The van der Waals surface area contributed by atoms with Crippen LogP contribution in [0, 0.1) is 11.8 Å². The third kappa shape index (κ3) is 5.45. The lowest BCUT2D eigenvalue weighted by Crippen LogP contribution is -2.35. The Labute approximate surface area is 140 Å². The zero-order chi connectivity index (χ0) is 14.5. The number of piperidine rings is 1. The first-order valence-corrected chi connectivity index (χ1v) is 8.47. The number of nitrogens with two attached hydrogens (primary N) is 1. The fourth-order valence-electron chi connectivity index (χ4n) is 3.21. The molecule has 2 aliphatic rings. The van der Waals surface area contributed by atoms with Crippen molar-refractivity contribution in [1.29, 1.82) is 0 Å². The lowest BCUT2D eigenvalue weighted by Gasteiger charge is -2.32. The summed E-state index contributed by atoms with van der Waals surface area (Å²) in [6, 6.07) is 8.68. The molecule has 0 bridgehead atoms. The van der Waals surface area contributed by atoms with E-state index in [2.05, 4.69) is 29.2 Å². The van der Waals surface area contributed by atoms with Crippen LogP contribution in [-0.2, 0) is 6.54 Å². The molecule has 124 valence electrons. The Morgan fingerprint density at radius 3 is 2.55 bits per heavy atom. The Kier molecular flexibility index (Phi) is 7.00. The largest absolute Gasteiger partial charge is 0.493 e. The van der Waals surface area contributed by atoms with Crippen LogP contribution in [0.4, 0.5) is 0 Å². The molecule has 0 aromatic heterocycles. The second-order valence-electron chi connectivity index (χ2n) is 6.72. The van der Waals surface area contributed by atoms with Crippen molar-refractivity contribution in [3.8, 4) is 5.75 Å². The van der Waals surface area contributed by atoms with Crippen molar-refractivity contribution in [2.24, 2.45) is 17.6 Å². The van der Waals surface area contributed by atoms with Gasteiger partial charge in [0.05, 0.1) is 6.61 Å². The van der Waals surface area contributed by atoms with Gasteiger partial charge in [-0.3, -0.25) is 4.90 Å². The maximum absolute atomic E-state index is 5.80. The van der Waals surface area contributed by atoms with E-state index in [0.717, 1.165) is 37.3 Å². The van der Waals surface area contributed by atoms with E-state index in [4.69, 9.17) is 10.5 Å². The second kappa shape index (κ2) is 8.76. The number of nitrogens with zero attached hydrogens (tertiary/aromatic N) is 1. The summed E-state index contributed by atoms with van der Waals surface area (Å²) < 4.78 is 5.80. The molecular weight excluding hydrogens is 296 g/mol. The van der Waals surface area contributed by atoms with Crippen molar-refractivity contribution in [3.63, 3.8) is 0 Å². The summed E-state index contributed by atoms with van der Waals surface area (Å²) in [4.78, 5) is 2.57. The first kappa shape index (κ1) is 17.6. The Hall–Kier alpha value is -0.770. The molecule has 1 aromatic rings. The third-order valence-corrected chi connectivity index (χ3v) is 4.69. The molecule has 3 rings (SSSR count). The average Bonchev–Trinajstić information content (AvgIpc) is 3.32. The Balaban J connectivity index is 0.00000176. The SMILES string of the molecule is Cl.NCCC1CCCN(Cc2ccc(OCC3CC3)cc2)C1. The van der Waals surface area contributed by atoms with Crippen LogP contribution in [0.5, 0.6) is 5.75 Å². The van der Waals surface area contributed by atoms with E-state index in [-0.39, 0.29) is 12.4 Å². The molecule has 0 spiro atoms. The van der Waals surface area contributed by atoms with Crippen LogP contribution in [0.1, 0.15) is 37.7 Å². The molecule has 4 heteroatoms. The van der Waals surface area contributed by atoms with E-state index < -0.39 is 0 Å². The van der Waals surface area contributed by atoms with Gasteiger partial charge in [0, 0.05) is 13.1 Å². The van der Waals surface area contributed by atoms with Crippen LogP contribution in [0.3, 0.4) is 0 Å². The number of halogens is 1. The quantitative estimate of drug-likeness (QED) is 0.834. The molecule has 22 heavy (non-hydrogen) atoms. The van der Waals surface area contributed by atoms with Crippen LogP contribution in [0.25, 0.3) is 0 Å². The van der Waals surface area contributed by atoms with Crippen molar-refractivity contribution < 1.29 is 4.74 Å². The van der Waals surface area contributed by atoms with Gasteiger partial charge in [0.1, 0.15) is 5.75 Å². The van der Waals surface area contributed by atoms with Crippen molar-refractivity contribution >= 4 is 12.4 Å². The molecule has 0 radical (unpaired) electrons. The zero-order valence-corrected chi connectivity index (χ0v) is 14.2. The molecule has 1 heterocycles. The van der Waals surface area contributed by atoms with E-state index in [0.29, 0.717) is 0 Å². The summed E-state index contributed by atoms with van der Waals surface area (Å²) in [6.45, 7) is 5.21. The number of likely N-dealkylation sites (tertiary alicyclic amines) is 1. The minimum Gasteiger partial charge on any atom is -0.493 e. The maximum atomic E-state index is 5.80. The second-order valence-corrected chi connectivity index (χ2v) is 6.72. The lowest BCUT2D eigenvalue weighted by molar-refractivity contribution is 0.163. The number of benzene rings is 1. The van der Waals surface area contributed by atoms with Gasteiger partial charge in [-0.15, -0.1) is 12.4 Å². The molecule has 2 fully saturated rings. The highest BCUT2D eigenvalue weighted by Gasteiger charge is 2.22. The standard InChI is InChI=1S/C18H28N2O.ClH/c19-10-9-15-2-1-11-20(12-15)13-16-5-7-18(8-6-16)21-14-17-3-4-17;/h5-8,15,17H,1-4,9-14,19H2;1H. The highest BCUT2D eigenvalue weighted by atomic mass is 35.5. The molecule has 1 saturated carbocycles. The average molecular weight is 325 g/mol. The minimum absolute atomic E-state index is 0. The minimum atomic E-state index is 0. The number of ether oxygens (including phenoxy) is 1. The number of rotatable bonds is 7. The van der Waals surface area contributed by atoms with Crippen LogP contribution < -0.4 is 10.5 Å². The number of hydrogen-bond donors (Lipinski definition) is 1. The predicted octanol–water partition coefficient (Wildman–Crippen LogP) is 3.46. The topological polar surface area (TPSA) is 38.5 Å². The van der Waals surface area contributed by atoms with Crippen LogP contribution in [0.2, 0.25) is 0 Å². The summed E-state index contributed by atoms with van der Waals surface area (Å²) in [5, 5.41) is 0. The molecular formula is C18H29ClN2O. The summed E-state index contributed by atoms with van der Waals surface area (Å²) in [6.07, 6.45) is 6.52. The van der Waals surface area contributed by atoms with E-state index in [1.807, 2.05) is 0 Å². The maximum Gasteiger partial charge on any atom is 0.119 e. The van der Waals surface area contributed by atoms with Crippen molar-refractivity contribution in [2.45, 2.75) is 38.6 Å². The van der Waals surface area contributed by atoms with Gasteiger partial charge in [0.2, 0.25) is 0 Å². The lowest BCUT2D eigenvalue weighted by atomic mass is 9.94. The van der Waals surface area contributed by atoms with Gasteiger partial charge >= 0.3 is 0 Å². The van der Waals surface area contributed by atoms with Crippen molar-refractivity contribution in [3.05, 3.63) is 29.8 Å². The Bertz CT molecular complexity index is 431. The summed E-state index contributed by atoms with van der Waals surface area (Å²) in [7, 11) is 0. The molecule has 1 unspecified atom stereocenters. The van der Waals surface area contributed by atoms with Gasteiger partial charge in [-0.05, 0) is 74.7 Å². The van der Waals surface area contributed by atoms with E-state index >= 15 is 0 Å². The fraction of sp³-hybridized carbons (Fsp3) is 0.667. The van der Waals surface area contributed by atoms with E-state index in [1.54, 1.807) is 0 Å². The Morgan fingerprint density at radius 2 is 1.86 bits per heavy atom. The zero-order valence-electron chi connectivity index (χ0n) is 13.4. The molecule has 1 aliphatic heterocycles. The number of hydrogen-bond acceptors (Lipinski definition) is 3. The van der Waals surface area contributed by atoms with Gasteiger partial charge in [0.15, 0.2) is 0 Å². The molecule has 1 aromatic carbocycles. The van der Waals surface area contributed by atoms with Crippen molar-refractivity contribution in [1.82, 2.24) is 4.90 Å². The third-order valence-electron chi connectivity index (χ3n) is 4.69. The smallest absolute Gasteiger partial charge is 0.119 e. The molecule has 1 aliphatic carbocycles. The summed E-state index contributed by atoms with van der Waals surface area (Å²) in [5.74, 6) is 2.63.